The van der Waals surface area contributed by atoms with E-state index in [9.17, 15) is 14.0 Å². The topological polar surface area (TPSA) is 69.6 Å². The number of carbonyl (C=O) groups excluding carboxylic acids is 1. The van der Waals surface area contributed by atoms with E-state index >= 15 is 0 Å². The molecule has 2 fully saturated rings. The molecule has 3 atom stereocenters. The van der Waals surface area contributed by atoms with E-state index in [1.807, 2.05) is 6.07 Å². The Morgan fingerprint density at radius 1 is 1.36 bits per heavy atom. The molecule has 6 heteroatoms. The summed E-state index contributed by atoms with van der Waals surface area (Å²) in [6.45, 7) is 0.853. The van der Waals surface area contributed by atoms with Gasteiger partial charge in [0.15, 0.2) is 0 Å². The summed E-state index contributed by atoms with van der Waals surface area (Å²) >= 11 is 0. The van der Waals surface area contributed by atoms with Crippen molar-refractivity contribution < 1.29 is 19.1 Å². The van der Waals surface area contributed by atoms with Crippen molar-refractivity contribution in [1.82, 2.24) is 10.2 Å². The summed E-state index contributed by atoms with van der Waals surface area (Å²) in [5, 5.41) is 12.0. The van der Waals surface area contributed by atoms with Gasteiger partial charge in [0.1, 0.15) is 5.82 Å². The van der Waals surface area contributed by atoms with Gasteiger partial charge in [-0.2, -0.15) is 0 Å². The number of nitrogens with zero attached hydrogens (tertiary/aromatic N) is 1. The second-order valence-corrected chi connectivity index (χ2v) is 6.08. The van der Waals surface area contributed by atoms with Crippen molar-refractivity contribution in [3.8, 4) is 0 Å². The minimum Gasteiger partial charge on any atom is -0.481 e. The van der Waals surface area contributed by atoms with E-state index in [0.717, 1.165) is 12.0 Å². The SMILES string of the molecule is O=C(O)C1CCCN(C(=O)N[C@@H]2C[C@H]2c2cccc(F)c2)C1. The molecule has 0 radical (unpaired) electrons. The van der Waals surface area contributed by atoms with Gasteiger partial charge in [-0.05, 0) is 37.0 Å². The Kier molecular flexibility index (Phi) is 4.00. The van der Waals surface area contributed by atoms with Gasteiger partial charge in [0.25, 0.3) is 0 Å². The molecule has 22 heavy (non-hydrogen) atoms. The summed E-state index contributed by atoms with van der Waals surface area (Å²) in [5.74, 6) is -1.44. The lowest BCUT2D eigenvalue weighted by Crippen LogP contribution is -2.47. The van der Waals surface area contributed by atoms with Gasteiger partial charge < -0.3 is 15.3 Å². The number of nitrogens with one attached hydrogen (secondary N) is 1. The number of urea groups is 1. The van der Waals surface area contributed by atoms with E-state index < -0.39 is 11.9 Å². The molecule has 5 nitrogen and oxygen atoms in total. The fourth-order valence-electron chi connectivity index (χ4n) is 3.07. The Morgan fingerprint density at radius 2 is 2.18 bits per heavy atom. The molecule has 1 unspecified atom stereocenters. The van der Waals surface area contributed by atoms with Gasteiger partial charge in [-0.15, -0.1) is 0 Å². The van der Waals surface area contributed by atoms with Gasteiger partial charge in [-0.1, -0.05) is 12.1 Å². The lowest BCUT2D eigenvalue weighted by Gasteiger charge is -2.30. The van der Waals surface area contributed by atoms with Crippen LogP contribution in [0.2, 0.25) is 0 Å². The van der Waals surface area contributed by atoms with E-state index in [-0.39, 0.29) is 30.4 Å². The Hall–Kier alpha value is -2.11. The summed E-state index contributed by atoms with van der Waals surface area (Å²) < 4.78 is 13.2. The number of hydrogen-bond donors (Lipinski definition) is 2. The van der Waals surface area contributed by atoms with E-state index in [4.69, 9.17) is 5.11 Å². The lowest BCUT2D eigenvalue weighted by molar-refractivity contribution is -0.143. The molecule has 1 saturated heterocycles. The number of likely N-dealkylation sites (tertiary alicyclic amines) is 1. The fraction of sp³-hybridized carbons (Fsp3) is 0.500. The van der Waals surface area contributed by atoms with Gasteiger partial charge >= 0.3 is 12.0 Å². The average molecular weight is 306 g/mol. The van der Waals surface area contributed by atoms with Crippen molar-refractivity contribution >= 4 is 12.0 Å². The maximum Gasteiger partial charge on any atom is 0.317 e. The van der Waals surface area contributed by atoms with Crippen LogP contribution >= 0.6 is 0 Å². The average Bonchev–Trinajstić information content (AvgIpc) is 3.26. The number of rotatable bonds is 3. The normalized spacial score (nSPS) is 27.3. The molecule has 0 spiro atoms. The van der Waals surface area contributed by atoms with Crippen molar-refractivity contribution in [2.24, 2.45) is 5.92 Å². The summed E-state index contributed by atoms with van der Waals surface area (Å²) in [6, 6.07) is 6.23. The van der Waals surface area contributed by atoms with Crippen LogP contribution in [0.4, 0.5) is 9.18 Å². The Labute approximate surface area is 128 Å². The minimum atomic E-state index is -0.846. The van der Waals surface area contributed by atoms with Crippen molar-refractivity contribution in [3.05, 3.63) is 35.6 Å². The summed E-state index contributed by atoms with van der Waals surface area (Å²) in [7, 11) is 0. The molecule has 118 valence electrons. The standard InChI is InChI=1S/C16H19FN2O3/c17-12-5-1-3-10(7-12)13-8-14(13)18-16(22)19-6-2-4-11(9-19)15(20)21/h1,3,5,7,11,13-14H,2,4,6,8-9H2,(H,18,22)(H,20,21)/t11?,13-,14+/m0/s1. The highest BCUT2D eigenvalue weighted by Crippen LogP contribution is 2.41. The zero-order valence-corrected chi connectivity index (χ0v) is 12.2. The van der Waals surface area contributed by atoms with Crippen LogP contribution in [0.3, 0.4) is 0 Å². The fourth-order valence-corrected chi connectivity index (χ4v) is 3.07. The van der Waals surface area contributed by atoms with Crippen LogP contribution in [0.5, 0.6) is 0 Å². The van der Waals surface area contributed by atoms with E-state index in [1.165, 1.54) is 12.1 Å². The first-order valence-electron chi connectivity index (χ1n) is 7.58. The Morgan fingerprint density at radius 3 is 2.91 bits per heavy atom. The lowest BCUT2D eigenvalue weighted by atomic mass is 9.99. The maximum atomic E-state index is 13.2. The molecule has 1 aromatic carbocycles. The van der Waals surface area contributed by atoms with Gasteiger partial charge in [-0.3, -0.25) is 4.79 Å². The summed E-state index contributed by atoms with van der Waals surface area (Å²) in [6.07, 6.45) is 2.13. The van der Waals surface area contributed by atoms with Gasteiger partial charge in [-0.25, -0.2) is 9.18 Å². The van der Waals surface area contributed by atoms with Gasteiger partial charge in [0, 0.05) is 25.0 Å². The van der Waals surface area contributed by atoms with Crippen LogP contribution in [0.1, 0.15) is 30.7 Å². The van der Waals surface area contributed by atoms with E-state index in [0.29, 0.717) is 19.4 Å². The molecular formula is C16H19FN2O3. The molecule has 1 heterocycles. The molecule has 2 N–H and O–H groups in total. The molecule has 3 rings (SSSR count). The first kappa shape index (κ1) is 14.8. The van der Waals surface area contributed by atoms with E-state index in [2.05, 4.69) is 5.32 Å². The second kappa shape index (κ2) is 5.94. The Balaban J connectivity index is 1.54. The van der Waals surface area contributed by atoms with E-state index in [1.54, 1.807) is 11.0 Å². The molecule has 1 aliphatic carbocycles. The van der Waals surface area contributed by atoms with Gasteiger partial charge in [0.05, 0.1) is 5.92 Å². The largest absolute Gasteiger partial charge is 0.481 e. The highest BCUT2D eigenvalue weighted by atomic mass is 19.1. The molecule has 1 aromatic rings. The van der Waals surface area contributed by atoms with Crippen LogP contribution in [0.25, 0.3) is 0 Å². The first-order valence-corrected chi connectivity index (χ1v) is 7.58. The van der Waals surface area contributed by atoms with Crippen LogP contribution in [-0.4, -0.2) is 41.1 Å². The number of benzene rings is 1. The van der Waals surface area contributed by atoms with Crippen molar-refractivity contribution in [3.63, 3.8) is 0 Å². The number of carboxylic acids is 1. The summed E-state index contributed by atoms with van der Waals surface area (Å²) in [5.41, 5.74) is 0.896. The smallest absolute Gasteiger partial charge is 0.317 e. The zero-order valence-electron chi connectivity index (χ0n) is 12.2. The molecule has 0 bridgehead atoms. The second-order valence-electron chi connectivity index (χ2n) is 6.08. The zero-order chi connectivity index (χ0) is 15.7. The third-order valence-electron chi connectivity index (χ3n) is 4.43. The van der Waals surface area contributed by atoms with Crippen molar-refractivity contribution in [2.75, 3.05) is 13.1 Å². The molecule has 2 aliphatic rings. The molecule has 1 saturated carbocycles. The number of hydrogen-bond acceptors (Lipinski definition) is 2. The molecule has 2 amide bonds. The van der Waals surface area contributed by atoms with Crippen molar-refractivity contribution in [2.45, 2.75) is 31.2 Å². The predicted molar refractivity (Wildman–Crippen MR) is 78.0 cm³/mol. The third-order valence-corrected chi connectivity index (χ3v) is 4.43. The maximum absolute atomic E-state index is 13.2. The van der Waals surface area contributed by atoms with Crippen LogP contribution in [0, 0.1) is 11.7 Å². The number of amides is 2. The highest BCUT2D eigenvalue weighted by Gasteiger charge is 2.41. The third kappa shape index (κ3) is 3.21. The summed E-state index contributed by atoms with van der Waals surface area (Å²) in [4.78, 5) is 24.8. The van der Waals surface area contributed by atoms with Gasteiger partial charge in [0.2, 0.25) is 0 Å². The number of piperidine rings is 1. The Bertz CT molecular complexity index is 593. The number of aliphatic carboxylic acids is 1. The molecule has 0 aromatic heterocycles. The number of carboxylic acid groups (broad SMARTS) is 1. The molecular weight excluding hydrogens is 287 g/mol. The van der Waals surface area contributed by atoms with Crippen LogP contribution in [-0.2, 0) is 4.79 Å². The quantitative estimate of drug-likeness (QED) is 0.899. The molecule has 1 aliphatic heterocycles. The first-order chi connectivity index (χ1) is 10.5. The highest BCUT2D eigenvalue weighted by molar-refractivity contribution is 5.77. The predicted octanol–water partition coefficient (Wildman–Crippen LogP) is 2.19. The van der Waals surface area contributed by atoms with Crippen LogP contribution < -0.4 is 5.32 Å². The number of carbonyl (C=O) groups is 2. The van der Waals surface area contributed by atoms with Crippen molar-refractivity contribution in [1.29, 1.82) is 0 Å². The number of halogens is 1. The minimum absolute atomic E-state index is 0.0134. The monoisotopic (exact) mass is 306 g/mol. The van der Waals surface area contributed by atoms with Crippen LogP contribution in [0.15, 0.2) is 24.3 Å².